The summed E-state index contributed by atoms with van der Waals surface area (Å²) < 4.78 is 0. The molecule has 0 aromatic heterocycles. The fourth-order valence-electron chi connectivity index (χ4n) is 1.40. The van der Waals surface area contributed by atoms with Crippen LogP contribution in [0.25, 0.3) is 0 Å². The van der Waals surface area contributed by atoms with Crippen LogP contribution in [0.4, 0.5) is 0 Å². The Labute approximate surface area is 66.6 Å². The predicted octanol–water partition coefficient (Wildman–Crippen LogP) is -1.63. The molecule has 1 heterocycles. The van der Waals surface area contributed by atoms with Crippen molar-refractivity contribution < 1.29 is 10.2 Å². The molecule has 11 heavy (non-hydrogen) atoms. The molecule has 0 amide bonds. The summed E-state index contributed by atoms with van der Waals surface area (Å²) in [5.41, 5.74) is 5.56. The maximum absolute atomic E-state index is 9.15. The lowest BCUT2D eigenvalue weighted by Crippen LogP contribution is -2.34. The Morgan fingerprint density at radius 3 is 2.27 bits per heavy atom. The summed E-state index contributed by atoms with van der Waals surface area (Å²) >= 11 is 0. The molecule has 0 aromatic carbocycles. The Morgan fingerprint density at radius 1 is 1.45 bits per heavy atom. The zero-order chi connectivity index (χ0) is 8.43. The van der Waals surface area contributed by atoms with Crippen LogP contribution < -0.4 is 5.73 Å². The number of aliphatic hydroxyl groups is 2. The van der Waals surface area contributed by atoms with Gasteiger partial charge in [0.1, 0.15) is 0 Å². The third-order valence-electron chi connectivity index (χ3n) is 1.88. The van der Waals surface area contributed by atoms with E-state index in [1.54, 1.807) is 0 Å². The predicted molar refractivity (Wildman–Crippen MR) is 42.1 cm³/mol. The van der Waals surface area contributed by atoms with E-state index in [-0.39, 0.29) is 6.04 Å². The van der Waals surface area contributed by atoms with Crippen LogP contribution in [-0.4, -0.2) is 53.0 Å². The Balaban J connectivity index is 2.29. The van der Waals surface area contributed by atoms with E-state index in [0.29, 0.717) is 13.1 Å². The fourth-order valence-corrected chi connectivity index (χ4v) is 1.40. The van der Waals surface area contributed by atoms with Gasteiger partial charge in [0.25, 0.3) is 0 Å². The maximum atomic E-state index is 9.15. The topological polar surface area (TPSA) is 69.7 Å². The van der Waals surface area contributed by atoms with Crippen LogP contribution >= 0.6 is 0 Å². The van der Waals surface area contributed by atoms with Gasteiger partial charge in [0.2, 0.25) is 0 Å². The van der Waals surface area contributed by atoms with Gasteiger partial charge in [-0.2, -0.15) is 0 Å². The summed E-state index contributed by atoms with van der Waals surface area (Å²) in [6.07, 6.45) is -1.18. The number of rotatable bonds is 2. The van der Waals surface area contributed by atoms with Crippen LogP contribution in [0.2, 0.25) is 0 Å². The van der Waals surface area contributed by atoms with Crippen LogP contribution in [0, 0.1) is 0 Å². The van der Waals surface area contributed by atoms with Crippen molar-refractivity contribution in [3.63, 3.8) is 0 Å². The van der Waals surface area contributed by atoms with Gasteiger partial charge >= 0.3 is 0 Å². The third-order valence-corrected chi connectivity index (χ3v) is 1.88. The van der Waals surface area contributed by atoms with Crippen LogP contribution in [0.1, 0.15) is 6.92 Å². The number of nitrogens with two attached hydrogens (primary N) is 1. The second-order valence-electron chi connectivity index (χ2n) is 3.33. The first kappa shape index (κ1) is 8.93. The molecule has 4 heteroatoms. The van der Waals surface area contributed by atoms with Gasteiger partial charge in [0, 0.05) is 25.7 Å². The molecule has 1 aliphatic rings. The van der Waals surface area contributed by atoms with E-state index in [1.165, 1.54) is 0 Å². The SMILES string of the molecule is C[C@@H](N)CN1CC(O)C(O)C1. The molecule has 4 N–H and O–H groups in total. The van der Waals surface area contributed by atoms with Crippen molar-refractivity contribution in [2.75, 3.05) is 19.6 Å². The highest BCUT2D eigenvalue weighted by Gasteiger charge is 2.29. The van der Waals surface area contributed by atoms with Gasteiger partial charge in [-0.05, 0) is 6.92 Å². The highest BCUT2D eigenvalue weighted by atomic mass is 16.3. The van der Waals surface area contributed by atoms with Gasteiger partial charge in [-0.1, -0.05) is 0 Å². The van der Waals surface area contributed by atoms with Crippen molar-refractivity contribution in [2.45, 2.75) is 25.2 Å². The fraction of sp³-hybridized carbons (Fsp3) is 1.00. The van der Waals surface area contributed by atoms with E-state index in [0.717, 1.165) is 6.54 Å². The van der Waals surface area contributed by atoms with Crippen molar-refractivity contribution in [1.82, 2.24) is 4.90 Å². The molecular weight excluding hydrogens is 144 g/mol. The summed E-state index contributed by atoms with van der Waals surface area (Å²) in [6, 6.07) is 0.104. The molecule has 1 fully saturated rings. The van der Waals surface area contributed by atoms with E-state index in [2.05, 4.69) is 0 Å². The summed E-state index contributed by atoms with van der Waals surface area (Å²) in [7, 11) is 0. The molecular formula is C7H16N2O2. The van der Waals surface area contributed by atoms with Gasteiger partial charge < -0.3 is 15.9 Å². The van der Waals surface area contributed by atoms with E-state index >= 15 is 0 Å². The molecule has 0 bridgehead atoms. The second kappa shape index (κ2) is 3.49. The zero-order valence-electron chi connectivity index (χ0n) is 6.77. The van der Waals surface area contributed by atoms with Gasteiger partial charge in [-0.15, -0.1) is 0 Å². The number of nitrogens with zero attached hydrogens (tertiary/aromatic N) is 1. The molecule has 0 aromatic rings. The smallest absolute Gasteiger partial charge is 0.0938 e. The summed E-state index contributed by atoms with van der Waals surface area (Å²) in [4.78, 5) is 1.97. The van der Waals surface area contributed by atoms with E-state index < -0.39 is 12.2 Å². The molecule has 66 valence electrons. The molecule has 1 aliphatic heterocycles. The van der Waals surface area contributed by atoms with E-state index in [4.69, 9.17) is 15.9 Å². The van der Waals surface area contributed by atoms with Crippen LogP contribution in [-0.2, 0) is 0 Å². The lowest BCUT2D eigenvalue weighted by atomic mass is 10.3. The lowest BCUT2D eigenvalue weighted by Gasteiger charge is -2.16. The minimum absolute atomic E-state index is 0.104. The first-order chi connectivity index (χ1) is 5.09. The van der Waals surface area contributed by atoms with E-state index in [1.807, 2.05) is 11.8 Å². The van der Waals surface area contributed by atoms with Crippen molar-refractivity contribution >= 4 is 0 Å². The Kier molecular flexibility index (Phi) is 2.84. The first-order valence-electron chi connectivity index (χ1n) is 3.93. The Morgan fingerprint density at radius 2 is 1.91 bits per heavy atom. The Bertz CT molecular complexity index is 117. The van der Waals surface area contributed by atoms with Crippen molar-refractivity contribution in [3.05, 3.63) is 0 Å². The average molecular weight is 160 g/mol. The quantitative estimate of drug-likeness (QED) is 0.453. The van der Waals surface area contributed by atoms with Crippen LogP contribution in [0.15, 0.2) is 0 Å². The molecule has 2 unspecified atom stereocenters. The molecule has 0 aliphatic carbocycles. The molecule has 4 nitrogen and oxygen atoms in total. The minimum Gasteiger partial charge on any atom is -0.389 e. The van der Waals surface area contributed by atoms with Crippen LogP contribution in [0.3, 0.4) is 0 Å². The monoisotopic (exact) mass is 160 g/mol. The van der Waals surface area contributed by atoms with Crippen molar-refractivity contribution in [1.29, 1.82) is 0 Å². The summed E-state index contributed by atoms with van der Waals surface area (Å²) in [5, 5.41) is 18.3. The molecule has 3 atom stereocenters. The molecule has 0 spiro atoms. The minimum atomic E-state index is -0.589. The average Bonchev–Trinajstić information content (AvgIpc) is 2.10. The number of hydrogen-bond donors (Lipinski definition) is 3. The van der Waals surface area contributed by atoms with Gasteiger partial charge in [-0.3, -0.25) is 4.90 Å². The molecule has 1 saturated heterocycles. The number of aliphatic hydroxyl groups excluding tert-OH is 2. The molecule has 0 radical (unpaired) electrons. The molecule has 1 rings (SSSR count). The number of hydrogen-bond acceptors (Lipinski definition) is 4. The Hall–Kier alpha value is -0.160. The van der Waals surface area contributed by atoms with Crippen molar-refractivity contribution in [3.8, 4) is 0 Å². The third kappa shape index (κ3) is 2.41. The van der Waals surface area contributed by atoms with Gasteiger partial charge in [0.05, 0.1) is 12.2 Å². The lowest BCUT2D eigenvalue weighted by molar-refractivity contribution is 0.0572. The van der Waals surface area contributed by atoms with E-state index in [9.17, 15) is 0 Å². The highest BCUT2D eigenvalue weighted by Crippen LogP contribution is 2.09. The zero-order valence-corrected chi connectivity index (χ0v) is 6.77. The number of likely N-dealkylation sites (tertiary alicyclic amines) is 1. The summed E-state index contributed by atoms with van der Waals surface area (Å²) in [5.74, 6) is 0. The highest BCUT2D eigenvalue weighted by molar-refractivity contribution is 4.84. The first-order valence-corrected chi connectivity index (χ1v) is 3.93. The largest absolute Gasteiger partial charge is 0.389 e. The maximum Gasteiger partial charge on any atom is 0.0938 e. The number of β-amino-alcohol motifs (C(OH)–C–C–N with tert-alkyl or cyclic N) is 2. The van der Waals surface area contributed by atoms with Gasteiger partial charge in [0.15, 0.2) is 0 Å². The second-order valence-corrected chi connectivity index (χ2v) is 3.33. The summed E-state index contributed by atoms with van der Waals surface area (Å²) in [6.45, 7) is 3.75. The van der Waals surface area contributed by atoms with Gasteiger partial charge in [-0.25, -0.2) is 0 Å². The van der Waals surface area contributed by atoms with Crippen LogP contribution in [0.5, 0.6) is 0 Å². The standard InChI is InChI=1S/C7H16N2O2/c1-5(8)2-9-3-6(10)7(11)4-9/h5-7,10-11H,2-4,8H2,1H3/t5-,6?,7?/m1/s1. The van der Waals surface area contributed by atoms with Crippen molar-refractivity contribution in [2.24, 2.45) is 5.73 Å². The normalized spacial score (nSPS) is 36.0. The molecule has 0 saturated carbocycles.